The number of aryl methyl sites for hydroxylation is 1. The predicted molar refractivity (Wildman–Crippen MR) is 123 cm³/mol. The van der Waals surface area contributed by atoms with Gasteiger partial charge in [-0.15, -0.1) is 11.3 Å². The molecule has 0 aliphatic carbocycles. The maximum absolute atomic E-state index is 13.1. The van der Waals surface area contributed by atoms with Crippen molar-refractivity contribution in [3.63, 3.8) is 0 Å². The normalized spacial score (nSPS) is 16.5. The summed E-state index contributed by atoms with van der Waals surface area (Å²) in [6, 6.07) is 9.43. The van der Waals surface area contributed by atoms with Crippen molar-refractivity contribution in [2.75, 3.05) is 31.6 Å². The fourth-order valence-electron chi connectivity index (χ4n) is 3.89. The molecule has 1 unspecified atom stereocenters. The summed E-state index contributed by atoms with van der Waals surface area (Å²) in [5.74, 6) is -0.730. The lowest BCUT2D eigenvalue weighted by Crippen LogP contribution is -2.41. The molecule has 1 saturated heterocycles. The van der Waals surface area contributed by atoms with Gasteiger partial charge in [-0.25, -0.2) is 4.79 Å². The molecule has 2 heterocycles. The van der Waals surface area contributed by atoms with Gasteiger partial charge in [-0.3, -0.25) is 4.79 Å². The number of hydrogen-bond acceptors (Lipinski definition) is 6. The second-order valence-electron chi connectivity index (χ2n) is 7.50. The van der Waals surface area contributed by atoms with Crippen LogP contribution in [0, 0.1) is 24.2 Å². The van der Waals surface area contributed by atoms with Gasteiger partial charge < -0.3 is 15.0 Å². The first kappa shape index (κ1) is 23.3. The molecule has 0 bridgehead atoms. The van der Waals surface area contributed by atoms with Crippen LogP contribution in [0.5, 0.6) is 0 Å². The van der Waals surface area contributed by atoms with Crippen LogP contribution in [0.25, 0.3) is 11.1 Å². The molecule has 0 spiro atoms. The van der Waals surface area contributed by atoms with Crippen LogP contribution in [0.2, 0.25) is 5.02 Å². The molecule has 164 valence electrons. The van der Waals surface area contributed by atoms with Gasteiger partial charge in [-0.05, 0) is 50.9 Å². The van der Waals surface area contributed by atoms with E-state index in [2.05, 4.69) is 16.3 Å². The maximum atomic E-state index is 13.1. The first-order valence-electron chi connectivity index (χ1n) is 10.4. The Labute approximate surface area is 191 Å². The van der Waals surface area contributed by atoms with Gasteiger partial charge in [0.2, 0.25) is 5.91 Å². The number of ether oxygens (including phenoxy) is 1. The fraction of sp³-hybridized carbons (Fsp3) is 0.435. The number of rotatable bonds is 7. The molecule has 1 amide bonds. The van der Waals surface area contributed by atoms with E-state index in [1.54, 1.807) is 19.1 Å². The Morgan fingerprint density at radius 3 is 2.77 bits per heavy atom. The zero-order chi connectivity index (χ0) is 22.4. The van der Waals surface area contributed by atoms with E-state index >= 15 is 0 Å². The minimum absolute atomic E-state index is 0.101. The van der Waals surface area contributed by atoms with Gasteiger partial charge in [0.15, 0.2) is 0 Å². The Balaban J connectivity index is 1.87. The third-order valence-corrected chi connectivity index (χ3v) is 6.62. The van der Waals surface area contributed by atoms with Crippen molar-refractivity contribution >= 4 is 39.8 Å². The highest BCUT2D eigenvalue weighted by molar-refractivity contribution is 7.17. The Bertz CT molecular complexity index is 981. The van der Waals surface area contributed by atoms with Gasteiger partial charge in [0.1, 0.15) is 10.6 Å². The summed E-state index contributed by atoms with van der Waals surface area (Å²) in [4.78, 5) is 29.0. The smallest absolute Gasteiger partial charge is 0.341 e. The Morgan fingerprint density at radius 2 is 2.10 bits per heavy atom. The van der Waals surface area contributed by atoms with Crippen molar-refractivity contribution in [2.45, 2.75) is 33.1 Å². The van der Waals surface area contributed by atoms with Crippen molar-refractivity contribution in [1.29, 1.82) is 5.26 Å². The lowest BCUT2D eigenvalue weighted by atomic mass is 9.96. The molecule has 31 heavy (non-hydrogen) atoms. The third kappa shape index (κ3) is 5.65. The van der Waals surface area contributed by atoms with Crippen molar-refractivity contribution in [2.24, 2.45) is 5.92 Å². The number of carbonyl (C=O) groups is 2. The topological polar surface area (TPSA) is 82.4 Å². The number of esters is 1. The lowest BCUT2D eigenvalue weighted by Gasteiger charge is -2.31. The Kier molecular flexibility index (Phi) is 8.08. The zero-order valence-electron chi connectivity index (χ0n) is 17.7. The van der Waals surface area contributed by atoms with E-state index in [-0.39, 0.29) is 18.4 Å². The zero-order valence-corrected chi connectivity index (χ0v) is 19.3. The summed E-state index contributed by atoms with van der Waals surface area (Å²) in [7, 11) is 0. The number of halogens is 1. The molecule has 1 aromatic heterocycles. The van der Waals surface area contributed by atoms with Crippen LogP contribution in [-0.2, 0) is 9.53 Å². The quantitative estimate of drug-likeness (QED) is 0.581. The van der Waals surface area contributed by atoms with E-state index in [1.165, 1.54) is 11.3 Å². The van der Waals surface area contributed by atoms with E-state index in [9.17, 15) is 9.59 Å². The number of thiophene rings is 1. The van der Waals surface area contributed by atoms with Crippen LogP contribution in [0.1, 0.15) is 41.4 Å². The minimum Gasteiger partial charge on any atom is -0.462 e. The molecular formula is C23H26ClN3O3S. The number of piperidine rings is 1. The van der Waals surface area contributed by atoms with Crippen molar-refractivity contribution < 1.29 is 14.3 Å². The highest BCUT2D eigenvalue weighted by Crippen LogP contribution is 2.41. The number of nitriles is 1. The molecular weight excluding hydrogens is 434 g/mol. The fourth-order valence-corrected chi connectivity index (χ4v) is 5.08. The molecule has 3 rings (SSSR count). The Hall–Kier alpha value is -2.40. The van der Waals surface area contributed by atoms with Gasteiger partial charge in [0, 0.05) is 35.0 Å². The molecule has 0 saturated carbocycles. The number of benzene rings is 1. The van der Waals surface area contributed by atoms with E-state index in [0.29, 0.717) is 35.1 Å². The average molecular weight is 460 g/mol. The molecule has 1 aliphatic rings. The van der Waals surface area contributed by atoms with Crippen LogP contribution < -0.4 is 5.32 Å². The van der Waals surface area contributed by atoms with Crippen LogP contribution in [0.15, 0.2) is 24.3 Å². The second-order valence-corrected chi connectivity index (χ2v) is 9.16. The van der Waals surface area contributed by atoms with Crippen molar-refractivity contribution in [3.8, 4) is 17.2 Å². The summed E-state index contributed by atoms with van der Waals surface area (Å²) in [6.07, 6.45) is 2.15. The number of nitrogens with zero attached hydrogens (tertiary/aromatic N) is 2. The first-order chi connectivity index (χ1) is 14.9. The molecule has 2 aromatic rings. The van der Waals surface area contributed by atoms with Crippen LogP contribution >= 0.6 is 22.9 Å². The number of likely N-dealkylation sites (tertiary alicyclic amines) is 1. The average Bonchev–Trinajstić information content (AvgIpc) is 3.08. The highest BCUT2D eigenvalue weighted by Gasteiger charge is 2.29. The van der Waals surface area contributed by atoms with Crippen molar-refractivity contribution in [3.05, 3.63) is 39.7 Å². The monoisotopic (exact) mass is 459 g/mol. The molecule has 1 fully saturated rings. The molecule has 1 N–H and O–H groups in total. The van der Waals surface area contributed by atoms with E-state index < -0.39 is 5.97 Å². The van der Waals surface area contributed by atoms with Crippen molar-refractivity contribution in [1.82, 2.24) is 4.90 Å². The Morgan fingerprint density at radius 1 is 1.35 bits per heavy atom. The van der Waals surface area contributed by atoms with Crippen LogP contribution in [-0.4, -0.2) is 43.0 Å². The number of carbonyl (C=O) groups excluding carboxylic acids is 2. The van der Waals surface area contributed by atoms with E-state index in [0.717, 1.165) is 35.4 Å². The molecule has 1 atom stereocenters. The summed E-state index contributed by atoms with van der Waals surface area (Å²) >= 11 is 7.41. The predicted octanol–water partition coefficient (Wildman–Crippen LogP) is 5.12. The largest absolute Gasteiger partial charge is 0.462 e. The number of hydrogen-bond donors (Lipinski definition) is 1. The number of amides is 1. The molecule has 1 aromatic carbocycles. The SMILES string of the molecule is CCOC(=O)c1c(NC(=O)C2CCCN(CCC#N)C2)sc(C)c1-c1ccc(Cl)cc1. The highest BCUT2D eigenvalue weighted by atomic mass is 35.5. The summed E-state index contributed by atoms with van der Waals surface area (Å²) in [5.41, 5.74) is 1.99. The van der Waals surface area contributed by atoms with Gasteiger partial charge in [-0.2, -0.15) is 5.26 Å². The summed E-state index contributed by atoms with van der Waals surface area (Å²) in [5, 5.41) is 13.0. The standard InChI is InChI=1S/C23H26ClN3O3S/c1-3-30-23(29)20-19(16-7-9-18(24)10-8-16)15(2)31-22(20)26-21(28)17-6-4-12-27(14-17)13-5-11-25/h7-10,17H,3-6,12-14H2,1-2H3,(H,26,28). The molecule has 0 radical (unpaired) electrons. The van der Waals surface area contributed by atoms with Crippen LogP contribution in [0.4, 0.5) is 5.00 Å². The third-order valence-electron chi connectivity index (χ3n) is 5.35. The summed E-state index contributed by atoms with van der Waals surface area (Å²) < 4.78 is 5.31. The summed E-state index contributed by atoms with van der Waals surface area (Å²) in [6.45, 7) is 6.13. The minimum atomic E-state index is -0.452. The maximum Gasteiger partial charge on any atom is 0.341 e. The molecule has 1 aliphatic heterocycles. The van der Waals surface area contributed by atoms with Gasteiger partial charge in [-0.1, -0.05) is 23.7 Å². The van der Waals surface area contributed by atoms with Gasteiger partial charge in [0.25, 0.3) is 0 Å². The number of nitrogens with one attached hydrogen (secondary N) is 1. The van der Waals surface area contributed by atoms with Gasteiger partial charge >= 0.3 is 5.97 Å². The second kappa shape index (κ2) is 10.8. The van der Waals surface area contributed by atoms with E-state index in [4.69, 9.17) is 21.6 Å². The van der Waals surface area contributed by atoms with Gasteiger partial charge in [0.05, 0.1) is 18.6 Å². The molecule has 6 nitrogen and oxygen atoms in total. The number of anilines is 1. The first-order valence-corrected chi connectivity index (χ1v) is 11.6. The molecule has 8 heteroatoms. The van der Waals surface area contributed by atoms with Crippen LogP contribution in [0.3, 0.4) is 0 Å². The van der Waals surface area contributed by atoms with E-state index in [1.807, 2.05) is 19.1 Å². The lowest BCUT2D eigenvalue weighted by molar-refractivity contribution is -0.121.